The molecular weight excluding hydrogens is 192 g/mol. The van der Waals surface area contributed by atoms with Crippen LogP contribution in [0.5, 0.6) is 0 Å². The number of hydrogen-bond acceptors (Lipinski definition) is 1. The van der Waals surface area contributed by atoms with Crippen molar-refractivity contribution in [3.05, 3.63) is 0 Å². The van der Waals surface area contributed by atoms with Gasteiger partial charge in [-0.3, -0.25) is 0 Å². The van der Waals surface area contributed by atoms with Gasteiger partial charge >= 0.3 is 0 Å². The fourth-order valence-electron chi connectivity index (χ4n) is 0.816. The van der Waals surface area contributed by atoms with Crippen LogP contribution in [0.25, 0.3) is 0 Å². The van der Waals surface area contributed by atoms with E-state index >= 15 is 0 Å². The number of hydrogen-bond donors (Lipinski definition) is 0. The van der Waals surface area contributed by atoms with E-state index in [4.69, 9.17) is 4.74 Å². The predicted molar refractivity (Wildman–Crippen MR) is 48.7 cm³/mol. The van der Waals surface area contributed by atoms with Gasteiger partial charge in [-0.2, -0.15) is 0 Å². The van der Waals surface area contributed by atoms with Gasteiger partial charge in [0.25, 0.3) is 0 Å². The normalized spacial score (nSPS) is 13.5. The minimum absolute atomic E-state index is 0.712. The molecule has 0 aromatic heterocycles. The number of ether oxygens (including phenoxy) is 1. The molecule has 0 spiro atoms. The second-order valence-electron chi connectivity index (χ2n) is 2.49. The molecule has 1 nitrogen and oxygen atoms in total. The van der Waals surface area contributed by atoms with Crippen molar-refractivity contribution in [1.29, 1.82) is 0 Å². The van der Waals surface area contributed by atoms with Crippen molar-refractivity contribution in [2.75, 3.05) is 13.7 Å². The maximum atomic E-state index is 4.94. The number of halogens is 1. The maximum absolute atomic E-state index is 4.94. The van der Waals surface area contributed by atoms with E-state index in [0.29, 0.717) is 4.83 Å². The van der Waals surface area contributed by atoms with E-state index in [-0.39, 0.29) is 0 Å². The Morgan fingerprint density at radius 3 is 2.60 bits per heavy atom. The highest BCUT2D eigenvalue weighted by Gasteiger charge is 1.98. The lowest BCUT2D eigenvalue weighted by atomic mass is 10.2. The van der Waals surface area contributed by atoms with Crippen LogP contribution in [0, 0.1) is 0 Å². The van der Waals surface area contributed by atoms with Crippen molar-refractivity contribution in [1.82, 2.24) is 0 Å². The van der Waals surface area contributed by atoms with Crippen LogP contribution in [-0.2, 0) is 4.74 Å². The summed E-state index contributed by atoms with van der Waals surface area (Å²) in [6, 6.07) is 0. The SMILES string of the molecule is CCC(Br)CCCCOC. The van der Waals surface area contributed by atoms with Crippen LogP contribution in [0.1, 0.15) is 32.6 Å². The van der Waals surface area contributed by atoms with E-state index in [0.717, 1.165) is 6.61 Å². The zero-order valence-corrected chi connectivity index (χ0v) is 8.49. The van der Waals surface area contributed by atoms with Crippen molar-refractivity contribution in [2.45, 2.75) is 37.4 Å². The molecule has 0 saturated carbocycles. The van der Waals surface area contributed by atoms with E-state index in [9.17, 15) is 0 Å². The molecule has 0 bridgehead atoms. The molecule has 2 heteroatoms. The van der Waals surface area contributed by atoms with Crippen molar-refractivity contribution in [2.24, 2.45) is 0 Å². The van der Waals surface area contributed by atoms with Gasteiger partial charge in [-0.05, 0) is 19.3 Å². The van der Waals surface area contributed by atoms with Crippen molar-refractivity contribution >= 4 is 15.9 Å². The first-order chi connectivity index (χ1) is 4.81. The molecule has 1 unspecified atom stereocenters. The van der Waals surface area contributed by atoms with Gasteiger partial charge in [0, 0.05) is 18.5 Å². The number of unbranched alkanes of at least 4 members (excludes halogenated alkanes) is 1. The minimum Gasteiger partial charge on any atom is -0.385 e. The lowest BCUT2D eigenvalue weighted by Crippen LogP contribution is -1.96. The van der Waals surface area contributed by atoms with Gasteiger partial charge < -0.3 is 4.74 Å². The first-order valence-electron chi connectivity index (χ1n) is 3.94. The van der Waals surface area contributed by atoms with Crippen LogP contribution in [0.2, 0.25) is 0 Å². The molecule has 1 atom stereocenters. The average molecular weight is 209 g/mol. The van der Waals surface area contributed by atoms with Crippen LogP contribution in [0.4, 0.5) is 0 Å². The molecule has 0 aliphatic rings. The molecule has 0 aliphatic carbocycles. The van der Waals surface area contributed by atoms with E-state index in [2.05, 4.69) is 22.9 Å². The van der Waals surface area contributed by atoms with Gasteiger partial charge in [-0.1, -0.05) is 29.3 Å². The highest BCUT2D eigenvalue weighted by molar-refractivity contribution is 9.09. The van der Waals surface area contributed by atoms with Gasteiger partial charge in [0.1, 0.15) is 0 Å². The zero-order valence-electron chi connectivity index (χ0n) is 6.90. The Morgan fingerprint density at radius 1 is 1.40 bits per heavy atom. The Bertz CT molecular complexity index is 66.3. The third-order valence-corrected chi connectivity index (χ3v) is 2.66. The molecule has 0 saturated heterocycles. The molecule has 0 aliphatic heterocycles. The average Bonchev–Trinajstić information content (AvgIpc) is 1.98. The summed E-state index contributed by atoms with van der Waals surface area (Å²) in [5.41, 5.74) is 0. The van der Waals surface area contributed by atoms with Gasteiger partial charge in [0.2, 0.25) is 0 Å². The van der Waals surface area contributed by atoms with Crippen LogP contribution in [0.3, 0.4) is 0 Å². The third-order valence-electron chi connectivity index (χ3n) is 1.56. The Balaban J connectivity index is 2.89. The predicted octanol–water partition coefficient (Wildman–Crippen LogP) is 2.98. The quantitative estimate of drug-likeness (QED) is 0.482. The molecule has 10 heavy (non-hydrogen) atoms. The molecule has 0 aromatic carbocycles. The lowest BCUT2D eigenvalue weighted by molar-refractivity contribution is 0.192. The van der Waals surface area contributed by atoms with Gasteiger partial charge in [0.05, 0.1) is 0 Å². The Morgan fingerprint density at radius 2 is 2.10 bits per heavy atom. The molecule has 0 fully saturated rings. The Labute approximate surface area is 72.3 Å². The first-order valence-corrected chi connectivity index (χ1v) is 4.85. The highest BCUT2D eigenvalue weighted by atomic mass is 79.9. The minimum atomic E-state index is 0.712. The topological polar surface area (TPSA) is 9.23 Å². The summed E-state index contributed by atoms with van der Waals surface area (Å²) in [5.74, 6) is 0. The fraction of sp³-hybridized carbons (Fsp3) is 1.00. The largest absolute Gasteiger partial charge is 0.385 e. The van der Waals surface area contributed by atoms with Crippen molar-refractivity contribution < 1.29 is 4.74 Å². The maximum Gasteiger partial charge on any atom is 0.0462 e. The van der Waals surface area contributed by atoms with Crippen molar-refractivity contribution in [3.63, 3.8) is 0 Å². The summed E-state index contributed by atoms with van der Waals surface area (Å²) in [4.78, 5) is 0.712. The molecule has 62 valence electrons. The zero-order chi connectivity index (χ0) is 7.82. The second-order valence-corrected chi connectivity index (χ2v) is 3.79. The summed E-state index contributed by atoms with van der Waals surface area (Å²) in [6.07, 6.45) is 4.98. The number of rotatable bonds is 6. The first kappa shape index (κ1) is 10.4. The van der Waals surface area contributed by atoms with Gasteiger partial charge in [-0.25, -0.2) is 0 Å². The molecule has 0 heterocycles. The molecule has 0 amide bonds. The van der Waals surface area contributed by atoms with Crippen LogP contribution >= 0.6 is 15.9 Å². The number of alkyl halides is 1. The van der Waals surface area contributed by atoms with E-state index in [1.165, 1.54) is 25.7 Å². The lowest BCUT2D eigenvalue weighted by Gasteiger charge is -2.04. The van der Waals surface area contributed by atoms with E-state index < -0.39 is 0 Å². The second kappa shape index (κ2) is 7.55. The van der Waals surface area contributed by atoms with Crippen LogP contribution in [-0.4, -0.2) is 18.5 Å². The smallest absolute Gasteiger partial charge is 0.0462 e. The molecule has 0 rings (SSSR count). The van der Waals surface area contributed by atoms with Crippen molar-refractivity contribution in [3.8, 4) is 0 Å². The van der Waals surface area contributed by atoms with Crippen LogP contribution < -0.4 is 0 Å². The monoisotopic (exact) mass is 208 g/mol. The Kier molecular flexibility index (Phi) is 7.88. The molecular formula is C8H17BrO. The Hall–Kier alpha value is 0.440. The fourth-order valence-corrected chi connectivity index (χ4v) is 1.14. The standard InChI is InChI=1S/C8H17BrO/c1-3-8(9)6-4-5-7-10-2/h8H,3-7H2,1-2H3. The van der Waals surface area contributed by atoms with Crippen LogP contribution in [0.15, 0.2) is 0 Å². The van der Waals surface area contributed by atoms with Gasteiger partial charge in [0.15, 0.2) is 0 Å². The number of methoxy groups -OCH3 is 1. The summed E-state index contributed by atoms with van der Waals surface area (Å²) in [7, 11) is 1.76. The molecule has 0 N–H and O–H groups in total. The molecule has 0 aromatic rings. The third kappa shape index (κ3) is 6.56. The van der Waals surface area contributed by atoms with Gasteiger partial charge in [-0.15, -0.1) is 0 Å². The summed E-state index contributed by atoms with van der Waals surface area (Å²) in [6.45, 7) is 3.11. The summed E-state index contributed by atoms with van der Waals surface area (Å²) < 4.78 is 4.94. The van der Waals surface area contributed by atoms with E-state index in [1.54, 1.807) is 7.11 Å². The molecule has 0 radical (unpaired) electrons. The summed E-state index contributed by atoms with van der Waals surface area (Å²) in [5, 5.41) is 0. The highest BCUT2D eigenvalue weighted by Crippen LogP contribution is 2.12. The van der Waals surface area contributed by atoms with E-state index in [1.807, 2.05) is 0 Å². The summed E-state index contributed by atoms with van der Waals surface area (Å²) >= 11 is 3.59.